The van der Waals surface area contributed by atoms with E-state index in [9.17, 15) is 9.59 Å². The number of piperidine rings is 2. The third-order valence-corrected chi connectivity index (χ3v) is 6.27. The molecule has 2 aliphatic rings. The fraction of sp³-hybridized carbons (Fsp3) is 0.524. The number of carbonyl (C=O) groups excluding carboxylic acids is 2. The molecule has 2 fully saturated rings. The number of rotatable bonds is 5. The molecule has 28 heavy (non-hydrogen) atoms. The maximum atomic E-state index is 12.6. The molecule has 1 aromatic carbocycles. The monoisotopic (exact) mass is 382 g/mol. The van der Waals surface area contributed by atoms with Crippen LogP contribution in [-0.4, -0.2) is 53.1 Å². The van der Waals surface area contributed by atoms with Gasteiger partial charge in [0, 0.05) is 18.5 Å². The van der Waals surface area contributed by atoms with Crippen LogP contribution in [0.15, 0.2) is 18.2 Å². The molecular formula is C21H28N5O2. The van der Waals surface area contributed by atoms with Gasteiger partial charge in [-0.15, -0.1) is 0 Å². The Hall–Kier alpha value is -2.41. The minimum absolute atomic E-state index is 0.103. The summed E-state index contributed by atoms with van der Waals surface area (Å²) in [7, 11) is 0. The second-order valence-electron chi connectivity index (χ2n) is 7.97. The number of aromatic amines is 1. The molecule has 0 unspecified atom stereocenters. The number of primary amides is 1. The summed E-state index contributed by atoms with van der Waals surface area (Å²) in [6, 6.07) is 5.69. The molecule has 4 N–H and O–H groups in total. The van der Waals surface area contributed by atoms with E-state index >= 15 is 0 Å². The Labute approximate surface area is 165 Å². The highest BCUT2D eigenvalue weighted by molar-refractivity contribution is 6.04. The van der Waals surface area contributed by atoms with Crippen LogP contribution in [0.4, 0.5) is 0 Å². The number of nitrogens with two attached hydrogens (primary N) is 1. The number of hydrogen-bond acceptors (Lipinski definition) is 4. The molecule has 7 nitrogen and oxygen atoms in total. The highest BCUT2D eigenvalue weighted by Crippen LogP contribution is 2.31. The highest BCUT2D eigenvalue weighted by Gasteiger charge is 2.29. The van der Waals surface area contributed by atoms with Gasteiger partial charge in [0.2, 0.25) is 5.91 Å². The first kappa shape index (κ1) is 18.9. The van der Waals surface area contributed by atoms with Crippen molar-refractivity contribution < 1.29 is 9.59 Å². The molecule has 7 heteroatoms. The predicted molar refractivity (Wildman–Crippen MR) is 108 cm³/mol. The minimum atomic E-state index is -0.555. The number of H-pyrrole nitrogens is 1. The van der Waals surface area contributed by atoms with Crippen molar-refractivity contribution in [2.24, 2.45) is 17.6 Å². The number of benzene rings is 1. The van der Waals surface area contributed by atoms with Crippen molar-refractivity contribution in [1.82, 2.24) is 20.4 Å². The number of hydrogen-bond donors (Lipinski definition) is 3. The third kappa shape index (κ3) is 4.04. The van der Waals surface area contributed by atoms with Gasteiger partial charge in [0.15, 0.2) is 5.69 Å². The first-order valence-electron chi connectivity index (χ1n) is 10.2. The Bertz CT molecular complexity index is 848. The first-order valence-corrected chi connectivity index (χ1v) is 10.2. The van der Waals surface area contributed by atoms with Crippen molar-refractivity contribution in [3.63, 3.8) is 0 Å². The molecular weight excluding hydrogens is 354 g/mol. The van der Waals surface area contributed by atoms with E-state index in [4.69, 9.17) is 5.73 Å². The van der Waals surface area contributed by atoms with Gasteiger partial charge in [-0.2, -0.15) is 5.10 Å². The molecule has 3 heterocycles. The van der Waals surface area contributed by atoms with Crippen LogP contribution in [-0.2, 0) is 11.2 Å². The van der Waals surface area contributed by atoms with Gasteiger partial charge in [-0.3, -0.25) is 14.7 Å². The van der Waals surface area contributed by atoms with Gasteiger partial charge in [0.05, 0.1) is 11.9 Å². The zero-order chi connectivity index (χ0) is 19.5. The Balaban J connectivity index is 1.30. The van der Waals surface area contributed by atoms with E-state index in [2.05, 4.69) is 15.5 Å². The lowest BCUT2D eigenvalue weighted by molar-refractivity contribution is -0.129. The smallest absolute Gasteiger partial charge is 0.269 e. The summed E-state index contributed by atoms with van der Waals surface area (Å²) in [5, 5.41) is 10.9. The molecule has 0 spiro atoms. The Kier molecular flexibility index (Phi) is 5.62. The van der Waals surface area contributed by atoms with E-state index in [0.29, 0.717) is 11.8 Å². The SMILES string of the molecule is NC(=O)c1n[nH]c2ccc(C[CH]C(=O)N3CCC(C4CCNCC4)CC3)cc12. The lowest BCUT2D eigenvalue weighted by Crippen LogP contribution is -2.42. The minimum Gasteiger partial charge on any atom is -0.364 e. The van der Waals surface area contributed by atoms with Gasteiger partial charge in [-0.05, 0) is 74.7 Å². The highest BCUT2D eigenvalue weighted by atomic mass is 16.2. The van der Waals surface area contributed by atoms with Crippen LogP contribution in [0.5, 0.6) is 0 Å². The molecule has 149 valence electrons. The fourth-order valence-corrected chi connectivity index (χ4v) is 4.62. The molecule has 2 amide bonds. The second-order valence-corrected chi connectivity index (χ2v) is 7.97. The Morgan fingerprint density at radius 2 is 1.86 bits per heavy atom. The third-order valence-electron chi connectivity index (χ3n) is 6.27. The van der Waals surface area contributed by atoms with Gasteiger partial charge in [0.1, 0.15) is 0 Å². The van der Waals surface area contributed by atoms with Crippen LogP contribution in [0.3, 0.4) is 0 Å². The average molecular weight is 382 g/mol. The van der Waals surface area contributed by atoms with Gasteiger partial charge >= 0.3 is 0 Å². The molecule has 1 radical (unpaired) electrons. The maximum absolute atomic E-state index is 12.6. The van der Waals surface area contributed by atoms with Crippen molar-refractivity contribution in [3.8, 4) is 0 Å². The van der Waals surface area contributed by atoms with E-state index in [1.54, 1.807) is 6.42 Å². The molecule has 0 atom stereocenters. The summed E-state index contributed by atoms with van der Waals surface area (Å²) < 4.78 is 0. The second kappa shape index (κ2) is 8.31. The summed E-state index contributed by atoms with van der Waals surface area (Å²) in [5.41, 5.74) is 7.34. The number of nitrogens with one attached hydrogen (secondary N) is 2. The fourth-order valence-electron chi connectivity index (χ4n) is 4.62. The summed E-state index contributed by atoms with van der Waals surface area (Å²) >= 11 is 0. The van der Waals surface area contributed by atoms with Crippen molar-refractivity contribution in [3.05, 3.63) is 35.9 Å². The zero-order valence-electron chi connectivity index (χ0n) is 16.1. The van der Waals surface area contributed by atoms with Crippen molar-refractivity contribution in [2.45, 2.75) is 32.1 Å². The van der Waals surface area contributed by atoms with E-state index in [0.717, 1.165) is 61.9 Å². The molecule has 0 bridgehead atoms. The van der Waals surface area contributed by atoms with Crippen molar-refractivity contribution >= 4 is 22.7 Å². The number of aromatic nitrogens is 2. The number of likely N-dealkylation sites (tertiary alicyclic amines) is 1. The lowest BCUT2D eigenvalue weighted by atomic mass is 9.79. The number of nitrogens with zero attached hydrogens (tertiary/aromatic N) is 2. The van der Waals surface area contributed by atoms with E-state index in [1.165, 1.54) is 12.8 Å². The zero-order valence-corrected chi connectivity index (χ0v) is 16.1. The maximum Gasteiger partial charge on any atom is 0.269 e. The van der Waals surface area contributed by atoms with Crippen LogP contribution in [0.1, 0.15) is 41.7 Å². The van der Waals surface area contributed by atoms with Crippen LogP contribution in [0.25, 0.3) is 10.9 Å². The van der Waals surface area contributed by atoms with E-state index in [-0.39, 0.29) is 11.6 Å². The van der Waals surface area contributed by atoms with Crippen molar-refractivity contribution in [2.75, 3.05) is 26.2 Å². The normalized spacial score (nSPS) is 19.2. The van der Waals surface area contributed by atoms with E-state index in [1.807, 2.05) is 23.1 Å². The molecule has 2 saturated heterocycles. The first-order chi connectivity index (χ1) is 13.6. The number of amides is 2. The van der Waals surface area contributed by atoms with Gasteiger partial charge in [0.25, 0.3) is 5.91 Å². The quantitative estimate of drug-likeness (QED) is 0.731. The van der Waals surface area contributed by atoms with Crippen molar-refractivity contribution in [1.29, 1.82) is 0 Å². The standard InChI is InChI=1S/C21H28N5O2/c22-21(28)20-17-13-14(1-3-18(17)24-25-20)2-4-19(27)26-11-7-16(8-12-26)15-5-9-23-10-6-15/h1,3-4,13,15-16,23H,2,5-12H2,(H2,22,28)(H,24,25). The number of fused-ring (bicyclic) bond motifs is 1. The molecule has 2 aromatic rings. The van der Waals surface area contributed by atoms with Gasteiger partial charge in [-0.1, -0.05) is 6.07 Å². The van der Waals surface area contributed by atoms with Gasteiger partial charge in [-0.25, -0.2) is 0 Å². The van der Waals surface area contributed by atoms with Crippen LogP contribution in [0, 0.1) is 18.3 Å². The van der Waals surface area contributed by atoms with E-state index < -0.39 is 5.91 Å². The van der Waals surface area contributed by atoms with Crippen LogP contribution < -0.4 is 11.1 Å². The average Bonchev–Trinajstić information content (AvgIpc) is 3.16. The summed E-state index contributed by atoms with van der Waals surface area (Å²) in [6.07, 6.45) is 7.06. The van der Waals surface area contributed by atoms with Crippen LogP contribution >= 0.6 is 0 Å². The molecule has 0 saturated carbocycles. The summed E-state index contributed by atoms with van der Waals surface area (Å²) in [6.45, 7) is 3.99. The predicted octanol–water partition coefficient (Wildman–Crippen LogP) is 1.65. The molecule has 0 aliphatic carbocycles. The molecule has 4 rings (SSSR count). The Morgan fingerprint density at radius 3 is 2.57 bits per heavy atom. The lowest BCUT2D eigenvalue weighted by Gasteiger charge is -2.37. The summed E-state index contributed by atoms with van der Waals surface area (Å²) in [4.78, 5) is 26.1. The molecule has 1 aromatic heterocycles. The largest absolute Gasteiger partial charge is 0.364 e. The Morgan fingerprint density at radius 1 is 1.14 bits per heavy atom. The molecule has 2 aliphatic heterocycles. The topological polar surface area (TPSA) is 104 Å². The number of carbonyl (C=O) groups is 2. The van der Waals surface area contributed by atoms with Crippen LogP contribution in [0.2, 0.25) is 0 Å². The van der Waals surface area contributed by atoms with Gasteiger partial charge < -0.3 is 16.0 Å². The summed E-state index contributed by atoms with van der Waals surface area (Å²) in [5.74, 6) is 1.14.